The zero-order valence-electron chi connectivity index (χ0n) is 23.4. The van der Waals surface area contributed by atoms with Gasteiger partial charge in [-0.25, -0.2) is 0 Å². The SMILES string of the molecule is C[C@H](CC(=O)C[C@H](C)C(=O)O)[C@H]1C[C@@H](O)[C@@]2(C)C3=C(C(=O)C[C@]12C)[C@@]1(C)CCC(=O)[C@@](C)(CO)[C@@H]1CC3=O. The maximum absolute atomic E-state index is 14.1. The highest BCUT2D eigenvalue weighted by atomic mass is 16.4. The molecule has 4 rings (SSSR count). The lowest BCUT2D eigenvalue weighted by Gasteiger charge is -2.59. The summed E-state index contributed by atoms with van der Waals surface area (Å²) in [5.41, 5.74) is -2.83. The Kier molecular flexibility index (Phi) is 6.97. The van der Waals surface area contributed by atoms with Crippen molar-refractivity contribution in [2.24, 2.45) is 45.3 Å². The number of aliphatic hydroxyl groups is 2. The van der Waals surface area contributed by atoms with Gasteiger partial charge in [-0.1, -0.05) is 41.5 Å². The topological polar surface area (TPSA) is 146 Å². The number of aliphatic hydroxyl groups excluding tert-OH is 2. The molecule has 4 aliphatic carbocycles. The molecule has 0 aliphatic heterocycles. The van der Waals surface area contributed by atoms with Crippen molar-refractivity contribution >= 4 is 29.1 Å². The largest absolute Gasteiger partial charge is 0.481 e. The molecule has 0 bridgehead atoms. The minimum Gasteiger partial charge on any atom is -0.481 e. The normalized spacial score (nSPS) is 42.3. The number of allylic oxidation sites excluding steroid dienone is 1. The van der Waals surface area contributed by atoms with Crippen LogP contribution < -0.4 is 0 Å². The average Bonchev–Trinajstić information content (AvgIpc) is 3.03. The van der Waals surface area contributed by atoms with Crippen LogP contribution in [-0.4, -0.2) is 57.1 Å². The quantitative estimate of drug-likeness (QED) is 0.454. The molecule has 38 heavy (non-hydrogen) atoms. The highest BCUT2D eigenvalue weighted by Gasteiger charge is 2.70. The van der Waals surface area contributed by atoms with E-state index in [0.29, 0.717) is 24.0 Å². The summed E-state index contributed by atoms with van der Waals surface area (Å²) in [7, 11) is 0. The van der Waals surface area contributed by atoms with E-state index in [0.717, 1.165) is 0 Å². The minimum atomic E-state index is -1.11. The van der Waals surface area contributed by atoms with Gasteiger partial charge in [0.2, 0.25) is 0 Å². The number of carbonyl (C=O) groups excluding carboxylic acids is 4. The maximum Gasteiger partial charge on any atom is 0.306 e. The van der Waals surface area contributed by atoms with E-state index in [1.807, 2.05) is 27.7 Å². The Morgan fingerprint density at radius 1 is 1.00 bits per heavy atom. The number of hydrogen-bond donors (Lipinski definition) is 3. The molecule has 2 saturated carbocycles. The van der Waals surface area contributed by atoms with Crippen molar-refractivity contribution in [2.45, 2.75) is 92.6 Å². The van der Waals surface area contributed by atoms with E-state index in [1.54, 1.807) is 6.92 Å². The van der Waals surface area contributed by atoms with Gasteiger partial charge in [-0.3, -0.25) is 24.0 Å². The molecule has 0 unspecified atom stereocenters. The molecule has 0 radical (unpaired) electrons. The summed E-state index contributed by atoms with van der Waals surface area (Å²) in [5.74, 6) is -3.38. The number of carboxylic acid groups (broad SMARTS) is 1. The number of hydrogen-bond acceptors (Lipinski definition) is 7. The first-order chi connectivity index (χ1) is 17.5. The molecule has 8 heteroatoms. The summed E-state index contributed by atoms with van der Waals surface area (Å²) in [6.07, 6.45) is 0.301. The van der Waals surface area contributed by atoms with Crippen molar-refractivity contribution in [2.75, 3.05) is 6.61 Å². The second-order valence-electron chi connectivity index (χ2n) is 13.6. The Hall–Kier alpha value is -2.19. The molecule has 0 aromatic rings. The van der Waals surface area contributed by atoms with Crippen LogP contribution in [0.4, 0.5) is 0 Å². The Morgan fingerprint density at radius 3 is 2.21 bits per heavy atom. The molecule has 0 aromatic heterocycles. The second kappa shape index (κ2) is 9.19. The molecule has 0 amide bonds. The van der Waals surface area contributed by atoms with Crippen LogP contribution in [0.3, 0.4) is 0 Å². The summed E-state index contributed by atoms with van der Waals surface area (Å²) < 4.78 is 0. The number of fused-ring (bicyclic) bond motifs is 4. The van der Waals surface area contributed by atoms with Crippen LogP contribution in [0.5, 0.6) is 0 Å². The first kappa shape index (κ1) is 28.8. The molecule has 0 saturated heterocycles. The van der Waals surface area contributed by atoms with Gasteiger partial charge in [0.1, 0.15) is 11.6 Å². The van der Waals surface area contributed by atoms with Crippen molar-refractivity contribution in [1.29, 1.82) is 0 Å². The van der Waals surface area contributed by atoms with E-state index < -0.39 is 45.6 Å². The van der Waals surface area contributed by atoms with Gasteiger partial charge >= 0.3 is 5.97 Å². The number of rotatable bonds is 7. The fraction of sp³-hybridized carbons (Fsp3) is 0.767. The molecular weight excluding hydrogens is 488 g/mol. The molecule has 8 nitrogen and oxygen atoms in total. The van der Waals surface area contributed by atoms with Gasteiger partial charge in [-0.05, 0) is 36.0 Å². The number of Topliss-reactive ketones (excluding diaryl/α,β-unsaturated/α-hetero) is 4. The Balaban J connectivity index is 1.76. The molecule has 0 heterocycles. The van der Waals surface area contributed by atoms with Gasteiger partial charge in [0, 0.05) is 54.1 Å². The van der Waals surface area contributed by atoms with E-state index in [2.05, 4.69) is 0 Å². The standard InChI is InChI=1S/C30H42O8/c1-15(9-17(32)10-16(2)26(37)38)18-11-23(36)30(6)25-19(33)12-21-27(3,8-7-22(35)28(21,4)14-31)24(25)20(34)13-29(18,30)5/h15-16,18,21,23,31,36H,7-14H2,1-6H3,(H,37,38)/t15-,16+,18-,21-,23-,27+,28+,29-,30+/m1/s1. The van der Waals surface area contributed by atoms with Crippen LogP contribution in [0.25, 0.3) is 0 Å². The lowest BCUT2D eigenvalue weighted by atomic mass is 9.42. The number of carboxylic acids is 1. The van der Waals surface area contributed by atoms with E-state index in [9.17, 15) is 39.3 Å². The summed E-state index contributed by atoms with van der Waals surface area (Å²) in [6, 6.07) is 0. The summed E-state index contributed by atoms with van der Waals surface area (Å²) in [6.45, 7) is 10.5. The van der Waals surface area contributed by atoms with Gasteiger partial charge in [0.05, 0.1) is 24.0 Å². The highest BCUT2D eigenvalue weighted by molar-refractivity contribution is 6.12. The number of ketones is 4. The van der Waals surface area contributed by atoms with Gasteiger partial charge in [0.15, 0.2) is 11.6 Å². The van der Waals surface area contributed by atoms with Crippen LogP contribution in [0.2, 0.25) is 0 Å². The minimum absolute atomic E-state index is 0.0373. The molecule has 2 fully saturated rings. The molecule has 210 valence electrons. The van der Waals surface area contributed by atoms with Crippen LogP contribution in [0.1, 0.15) is 86.5 Å². The average molecular weight is 531 g/mol. The molecule has 3 N–H and O–H groups in total. The first-order valence-corrected chi connectivity index (χ1v) is 13.9. The third kappa shape index (κ3) is 3.73. The fourth-order valence-corrected chi connectivity index (χ4v) is 8.96. The van der Waals surface area contributed by atoms with E-state index in [4.69, 9.17) is 0 Å². The van der Waals surface area contributed by atoms with Gasteiger partial charge in [-0.2, -0.15) is 0 Å². The predicted octanol–water partition coefficient (Wildman–Crippen LogP) is 3.31. The van der Waals surface area contributed by atoms with Crippen LogP contribution in [0.15, 0.2) is 11.1 Å². The summed E-state index contributed by atoms with van der Waals surface area (Å²) in [4.78, 5) is 64.8. The third-order valence-electron chi connectivity index (χ3n) is 11.5. The van der Waals surface area contributed by atoms with E-state index >= 15 is 0 Å². The molecular formula is C30H42O8. The monoisotopic (exact) mass is 530 g/mol. The summed E-state index contributed by atoms with van der Waals surface area (Å²) in [5, 5.41) is 31.0. The molecule has 0 spiro atoms. The lowest BCUT2D eigenvalue weighted by molar-refractivity contribution is -0.152. The van der Waals surface area contributed by atoms with Crippen LogP contribution in [-0.2, 0) is 24.0 Å². The lowest BCUT2D eigenvalue weighted by Crippen LogP contribution is -2.60. The van der Waals surface area contributed by atoms with Crippen molar-refractivity contribution < 1.29 is 39.3 Å². The fourth-order valence-electron chi connectivity index (χ4n) is 8.96. The van der Waals surface area contributed by atoms with Gasteiger partial charge < -0.3 is 15.3 Å². The molecule has 9 atom stereocenters. The third-order valence-corrected chi connectivity index (χ3v) is 11.5. The maximum atomic E-state index is 14.1. The van der Waals surface area contributed by atoms with Crippen molar-refractivity contribution in [3.63, 3.8) is 0 Å². The smallest absolute Gasteiger partial charge is 0.306 e. The zero-order chi connectivity index (χ0) is 28.6. The van der Waals surface area contributed by atoms with Crippen molar-refractivity contribution in [1.82, 2.24) is 0 Å². The van der Waals surface area contributed by atoms with Crippen molar-refractivity contribution in [3.05, 3.63) is 11.1 Å². The Labute approximate surface area is 224 Å². The zero-order valence-corrected chi connectivity index (χ0v) is 23.4. The predicted molar refractivity (Wildman–Crippen MR) is 138 cm³/mol. The Bertz CT molecular complexity index is 1140. The molecule has 0 aromatic carbocycles. The summed E-state index contributed by atoms with van der Waals surface area (Å²) >= 11 is 0. The second-order valence-corrected chi connectivity index (χ2v) is 13.6. The highest BCUT2D eigenvalue weighted by Crippen LogP contribution is 2.70. The Morgan fingerprint density at radius 2 is 1.63 bits per heavy atom. The van der Waals surface area contributed by atoms with E-state index in [-0.39, 0.29) is 73.7 Å². The van der Waals surface area contributed by atoms with Crippen molar-refractivity contribution in [3.8, 4) is 0 Å². The van der Waals surface area contributed by atoms with Crippen LogP contribution in [0, 0.1) is 45.3 Å². The molecule has 4 aliphatic rings. The van der Waals surface area contributed by atoms with Crippen LogP contribution >= 0.6 is 0 Å². The first-order valence-electron chi connectivity index (χ1n) is 13.9. The number of carbonyl (C=O) groups is 5. The van der Waals surface area contributed by atoms with Gasteiger partial charge in [-0.15, -0.1) is 0 Å². The number of aliphatic carboxylic acids is 1. The van der Waals surface area contributed by atoms with E-state index in [1.165, 1.54) is 6.92 Å². The van der Waals surface area contributed by atoms with Gasteiger partial charge in [0.25, 0.3) is 0 Å².